The van der Waals surface area contributed by atoms with Crippen LogP contribution in [0, 0.1) is 0 Å². The van der Waals surface area contributed by atoms with Crippen molar-refractivity contribution in [3.63, 3.8) is 0 Å². The van der Waals surface area contributed by atoms with Gasteiger partial charge in [0.1, 0.15) is 0 Å². The fourth-order valence-electron chi connectivity index (χ4n) is 0. The Labute approximate surface area is 79.3 Å². The summed E-state index contributed by atoms with van der Waals surface area (Å²) in [6, 6.07) is 0. The van der Waals surface area contributed by atoms with Gasteiger partial charge in [0.15, 0.2) is 0 Å². The van der Waals surface area contributed by atoms with Gasteiger partial charge < -0.3 is 0 Å². The molecule has 0 unspecified atom stereocenters. The molecule has 0 amide bonds. The molecule has 0 heterocycles. The van der Waals surface area contributed by atoms with Crippen molar-refractivity contribution in [1.82, 2.24) is 0 Å². The van der Waals surface area contributed by atoms with Crippen LogP contribution in [-0.4, -0.2) is -0.311 Å². The van der Waals surface area contributed by atoms with Gasteiger partial charge in [-0.15, -0.1) is 0 Å². The van der Waals surface area contributed by atoms with Gasteiger partial charge >= 0.3 is 80.9 Å². The zero-order valence-electron chi connectivity index (χ0n) is 2.39. The van der Waals surface area contributed by atoms with Crippen molar-refractivity contribution in [2.75, 3.05) is 0 Å². The Hall–Kier alpha value is 2.60. The first-order chi connectivity index (χ1) is 2.56. The van der Waals surface area contributed by atoms with E-state index in [2.05, 4.69) is 12.7 Å². The van der Waals surface area contributed by atoms with Crippen LogP contribution in [0.4, 0.5) is 4.39 Å². The zero-order chi connectivity index (χ0) is 5.21. The average molecular weight is 492 g/mol. The second-order valence-corrected chi connectivity index (χ2v) is 13.6. The Balaban J connectivity index is 3.17. The van der Waals surface area contributed by atoms with E-state index in [0.29, 0.717) is 0 Å². The Morgan fingerprint density at radius 3 is 1.83 bits per heavy atom. The first kappa shape index (κ1) is 8.60. The van der Waals surface area contributed by atoms with Crippen molar-refractivity contribution >= 4 is 57.9 Å². The van der Waals surface area contributed by atoms with Gasteiger partial charge in [-0.05, 0) is 0 Å². The van der Waals surface area contributed by atoms with Crippen LogP contribution in [-0.2, 0) is 0 Å². The average Bonchev–Trinajstić information content (AvgIpc) is 1.35. The molecule has 0 fully saturated rings. The second-order valence-electron chi connectivity index (χ2n) is 0.500. The molecule has 0 nitrogen and oxygen atoms in total. The van der Waals surface area contributed by atoms with Crippen LogP contribution in [0.2, 0.25) is 0 Å². The summed E-state index contributed by atoms with van der Waals surface area (Å²) in [6.45, 7) is 0. The molecule has 0 aromatic rings. The SMILES string of the molecule is FC(I)(I)[I-]Br. The van der Waals surface area contributed by atoms with Gasteiger partial charge in [-0.25, -0.2) is 0 Å². The van der Waals surface area contributed by atoms with Crippen LogP contribution in [0.1, 0.15) is 0 Å². The van der Waals surface area contributed by atoms with E-state index in [1.807, 2.05) is 0 Å². The molecule has 0 bridgehead atoms. The summed E-state index contributed by atoms with van der Waals surface area (Å²) in [4.78, 5) is 0. The van der Waals surface area contributed by atoms with Crippen LogP contribution in [0.3, 0.4) is 0 Å². The monoisotopic (exact) mass is 491 g/mol. The molecule has 0 spiro atoms. The van der Waals surface area contributed by atoms with Crippen LogP contribution in [0.5, 0.6) is 0 Å². The van der Waals surface area contributed by atoms with Gasteiger partial charge in [0.2, 0.25) is 0 Å². The molecule has 0 aromatic heterocycles. The molecule has 0 aliphatic rings. The maximum absolute atomic E-state index is 12.1. The molecule has 0 saturated heterocycles. The van der Waals surface area contributed by atoms with E-state index in [-0.39, 0.29) is 0 Å². The number of alkyl halides is 4. The molecule has 0 aliphatic carbocycles. The third kappa shape index (κ3) is 6.60. The number of halogens is 5. The van der Waals surface area contributed by atoms with E-state index in [1.165, 1.54) is 0 Å². The Morgan fingerprint density at radius 1 is 1.67 bits per heavy atom. The topological polar surface area (TPSA) is 0 Å². The van der Waals surface area contributed by atoms with Crippen molar-refractivity contribution < 1.29 is 23.4 Å². The molecule has 0 radical (unpaired) electrons. The van der Waals surface area contributed by atoms with Crippen LogP contribution >= 0.6 is 57.9 Å². The summed E-state index contributed by atoms with van der Waals surface area (Å²) < 4.78 is 11.1. The van der Waals surface area contributed by atoms with E-state index < -0.39 is 18.7 Å². The van der Waals surface area contributed by atoms with E-state index in [4.69, 9.17) is 0 Å². The van der Waals surface area contributed by atoms with E-state index in [9.17, 15) is 4.39 Å². The molecule has 40 valence electrons. The normalized spacial score (nSPS) is 12.7. The molecule has 0 aromatic carbocycles. The van der Waals surface area contributed by atoms with Crippen LogP contribution < -0.4 is 19.0 Å². The third-order valence-electron chi connectivity index (χ3n) is 0.0810. The summed E-state index contributed by atoms with van der Waals surface area (Å²) in [5.41, 5.74) is 0. The van der Waals surface area contributed by atoms with Gasteiger partial charge in [-0.3, -0.25) is 0 Å². The Bertz CT molecular complexity index is 40.5. The molecule has 0 atom stereocenters. The number of hydrogen-bond donors (Lipinski definition) is 0. The Kier molecular flexibility index (Phi) is 5.15. The molecule has 0 rings (SSSR count). The quantitative estimate of drug-likeness (QED) is 0.353. The summed E-state index contributed by atoms with van der Waals surface area (Å²) in [5.74, 6) is 0. The van der Waals surface area contributed by atoms with Crippen molar-refractivity contribution in [2.24, 2.45) is 0 Å². The number of rotatable bonds is 1. The third-order valence-corrected chi connectivity index (χ3v) is 13.6. The fraction of sp³-hybridized carbons (Fsp3) is 1.00. The van der Waals surface area contributed by atoms with E-state index in [0.717, 1.165) is 0 Å². The van der Waals surface area contributed by atoms with Gasteiger partial charge in [0, 0.05) is 0 Å². The summed E-state index contributed by atoms with van der Waals surface area (Å²) in [5, 5.41) is 0. The van der Waals surface area contributed by atoms with E-state index in [1.54, 1.807) is 45.2 Å². The summed E-state index contributed by atoms with van der Waals surface area (Å²) in [6.07, 6.45) is 0. The summed E-state index contributed by atoms with van der Waals surface area (Å²) in [7, 11) is 0. The minimum absolute atomic E-state index is 0.417. The zero-order valence-corrected chi connectivity index (χ0v) is 10.4. The van der Waals surface area contributed by atoms with E-state index >= 15 is 0 Å². The predicted molar refractivity (Wildman–Crippen MR) is 40.8 cm³/mol. The van der Waals surface area contributed by atoms with Crippen molar-refractivity contribution in [1.29, 1.82) is 0 Å². The number of hydrogen-bond acceptors (Lipinski definition) is 0. The van der Waals surface area contributed by atoms with Crippen molar-refractivity contribution in [3.05, 3.63) is 0 Å². The standard InChI is InChI=1S/CBrFI3/c2-6-1(3,4)5/q-1. The van der Waals surface area contributed by atoms with Gasteiger partial charge in [-0.2, -0.15) is 0 Å². The molecule has 5 heteroatoms. The molecule has 0 aliphatic heterocycles. The van der Waals surface area contributed by atoms with Gasteiger partial charge in [-0.1, -0.05) is 0 Å². The van der Waals surface area contributed by atoms with Crippen LogP contribution in [0.15, 0.2) is 0 Å². The molecule has 0 saturated carbocycles. The van der Waals surface area contributed by atoms with Gasteiger partial charge in [0.25, 0.3) is 0 Å². The summed E-state index contributed by atoms with van der Waals surface area (Å²) >= 11 is 6.20. The first-order valence-electron chi connectivity index (χ1n) is 0.899. The van der Waals surface area contributed by atoms with Gasteiger partial charge in [0.05, 0.1) is 0 Å². The fourth-order valence-corrected chi connectivity index (χ4v) is 0. The predicted octanol–water partition coefficient (Wildman–Crippen LogP) is -0.164. The second kappa shape index (κ2) is 3.59. The Morgan fingerprint density at radius 2 is 1.83 bits per heavy atom. The molecule has 6 heavy (non-hydrogen) atoms. The molecular formula is CBrFI3-. The maximum atomic E-state index is 12.1. The molecule has 0 N–H and O–H groups in total. The minimum atomic E-state index is -0.992. The van der Waals surface area contributed by atoms with Crippen LogP contribution in [0.25, 0.3) is 0 Å². The van der Waals surface area contributed by atoms with Crippen molar-refractivity contribution in [2.45, 2.75) is -0.311 Å². The molecular weight excluding hydrogens is 492 g/mol. The first-order valence-corrected chi connectivity index (χ1v) is 8.97. The van der Waals surface area contributed by atoms with Crippen molar-refractivity contribution in [3.8, 4) is 0 Å².